The van der Waals surface area contributed by atoms with E-state index in [0.717, 1.165) is 22.3 Å². The quantitative estimate of drug-likeness (QED) is 0.414. The number of nitrogens with zero attached hydrogens (tertiary/aromatic N) is 3. The van der Waals surface area contributed by atoms with Crippen molar-refractivity contribution in [3.8, 4) is 17.1 Å². The van der Waals surface area contributed by atoms with Crippen molar-refractivity contribution in [2.75, 3.05) is 18.3 Å². The predicted molar refractivity (Wildman–Crippen MR) is 141 cm³/mol. The monoisotopic (exact) mass is 514 g/mol. The Hall–Kier alpha value is -4.24. The van der Waals surface area contributed by atoms with Crippen LogP contribution in [0.25, 0.3) is 11.3 Å². The first kappa shape index (κ1) is 24.5. The molecule has 188 valence electrons. The molecular formula is C28H26N4O4S. The summed E-state index contributed by atoms with van der Waals surface area (Å²) < 4.78 is 35.4. The van der Waals surface area contributed by atoms with E-state index < -0.39 is 16.1 Å². The van der Waals surface area contributed by atoms with Gasteiger partial charge in [-0.05, 0) is 48.7 Å². The lowest BCUT2D eigenvalue weighted by Crippen LogP contribution is -2.33. The van der Waals surface area contributed by atoms with Gasteiger partial charge in [-0.15, -0.1) is 0 Å². The Morgan fingerprint density at radius 1 is 0.919 bits per heavy atom. The molecule has 4 bridgehead atoms. The summed E-state index contributed by atoms with van der Waals surface area (Å²) in [6.45, 7) is 4.15. The summed E-state index contributed by atoms with van der Waals surface area (Å²) in [7, 11) is -2.42. The van der Waals surface area contributed by atoms with Crippen molar-refractivity contribution in [1.82, 2.24) is 14.9 Å². The summed E-state index contributed by atoms with van der Waals surface area (Å²) >= 11 is 0. The van der Waals surface area contributed by atoms with Crippen molar-refractivity contribution < 1.29 is 17.9 Å². The van der Waals surface area contributed by atoms with Crippen LogP contribution in [-0.2, 0) is 10.0 Å². The summed E-state index contributed by atoms with van der Waals surface area (Å²) in [5, 5.41) is 0. The third-order valence-electron chi connectivity index (χ3n) is 6.28. The maximum atomic E-state index is 13.3. The van der Waals surface area contributed by atoms with Gasteiger partial charge in [0.05, 0.1) is 17.1 Å². The molecule has 1 atom stereocenters. The van der Waals surface area contributed by atoms with Gasteiger partial charge < -0.3 is 9.64 Å². The number of amides is 1. The highest BCUT2D eigenvalue weighted by Gasteiger charge is 2.25. The van der Waals surface area contributed by atoms with Gasteiger partial charge in [-0.25, -0.2) is 18.1 Å². The summed E-state index contributed by atoms with van der Waals surface area (Å²) in [6, 6.07) is 23.0. The number of hydrogen-bond acceptors (Lipinski definition) is 6. The van der Waals surface area contributed by atoms with Crippen molar-refractivity contribution in [2.45, 2.75) is 24.8 Å². The van der Waals surface area contributed by atoms with Crippen LogP contribution in [0.5, 0.6) is 5.88 Å². The minimum atomic E-state index is -4.09. The van der Waals surface area contributed by atoms with Crippen molar-refractivity contribution in [1.29, 1.82) is 0 Å². The predicted octanol–water partition coefficient (Wildman–Crippen LogP) is 4.77. The smallest absolute Gasteiger partial charge is 0.264 e. The molecule has 0 saturated heterocycles. The molecule has 1 N–H and O–H groups in total. The first-order valence-electron chi connectivity index (χ1n) is 11.8. The van der Waals surface area contributed by atoms with Gasteiger partial charge in [0.25, 0.3) is 15.9 Å². The van der Waals surface area contributed by atoms with Gasteiger partial charge in [0.1, 0.15) is 6.10 Å². The van der Waals surface area contributed by atoms with Crippen LogP contribution >= 0.6 is 0 Å². The highest BCUT2D eigenvalue weighted by molar-refractivity contribution is 7.92. The summed E-state index contributed by atoms with van der Waals surface area (Å²) in [5.74, 6) is -0.257. The Kier molecular flexibility index (Phi) is 6.39. The van der Waals surface area contributed by atoms with Gasteiger partial charge in [-0.2, -0.15) is 4.98 Å². The number of benzene rings is 3. The van der Waals surface area contributed by atoms with Crippen molar-refractivity contribution in [3.63, 3.8) is 0 Å². The highest BCUT2D eigenvalue weighted by Crippen LogP contribution is 2.31. The van der Waals surface area contributed by atoms with Gasteiger partial charge >= 0.3 is 0 Å². The molecule has 5 rings (SSSR count). The van der Waals surface area contributed by atoms with Crippen molar-refractivity contribution in [3.05, 3.63) is 101 Å². The van der Waals surface area contributed by atoms with Gasteiger partial charge in [0, 0.05) is 24.2 Å². The lowest BCUT2D eigenvalue weighted by atomic mass is 10.00. The number of aromatic nitrogens is 2. The second kappa shape index (κ2) is 9.67. The second-order valence-corrected chi connectivity index (χ2v) is 10.7. The van der Waals surface area contributed by atoms with Crippen LogP contribution in [0.3, 0.4) is 0 Å². The number of carbonyl (C=O) groups excluding carboxylic acids is 1. The van der Waals surface area contributed by atoms with Crippen molar-refractivity contribution >= 4 is 21.9 Å². The van der Waals surface area contributed by atoms with E-state index in [1.807, 2.05) is 62.4 Å². The van der Waals surface area contributed by atoms with Gasteiger partial charge in [0.15, 0.2) is 0 Å². The van der Waals surface area contributed by atoms with Crippen LogP contribution in [-0.4, -0.2) is 42.8 Å². The molecule has 4 aromatic rings. The molecule has 8 nitrogen and oxygen atoms in total. The van der Waals surface area contributed by atoms with Crippen LogP contribution < -0.4 is 9.46 Å². The van der Waals surface area contributed by atoms with Crippen LogP contribution in [0.4, 0.5) is 5.95 Å². The Morgan fingerprint density at radius 3 is 2.35 bits per heavy atom. The van der Waals surface area contributed by atoms with E-state index in [1.165, 1.54) is 17.0 Å². The fourth-order valence-electron chi connectivity index (χ4n) is 4.43. The Balaban J connectivity index is 1.71. The molecule has 37 heavy (non-hydrogen) atoms. The zero-order valence-electron chi connectivity index (χ0n) is 20.7. The number of aryl methyl sites for hydroxylation is 2. The molecule has 0 saturated carbocycles. The van der Waals surface area contributed by atoms with Crippen LogP contribution in [0.15, 0.2) is 83.8 Å². The topological polar surface area (TPSA) is 101 Å². The summed E-state index contributed by atoms with van der Waals surface area (Å²) in [5.41, 5.74) is 4.45. The Labute approximate surface area is 216 Å². The number of rotatable bonds is 2. The standard InChI is InChI=1S/C28H26N4O4S/c1-18-9-7-10-19(2)26(18)23-16-25-30-28(29-23)31-37(34,35)22-14-8-13-21(15-22)27(33)32(3)17-24(36-25)20-11-5-4-6-12-20/h4-16,24H,17H2,1-3H3,(H,29,30,31)/t24-/m1/s1. The van der Waals surface area contributed by atoms with Gasteiger partial charge in [0.2, 0.25) is 11.8 Å². The summed E-state index contributed by atoms with van der Waals surface area (Å²) in [4.78, 5) is 23.6. The minimum absolute atomic E-state index is 0.0610. The van der Waals surface area contributed by atoms with E-state index in [2.05, 4.69) is 14.7 Å². The van der Waals surface area contributed by atoms with Gasteiger partial charge in [-0.1, -0.05) is 54.6 Å². The number of nitrogens with one attached hydrogen (secondary N) is 1. The van der Waals surface area contributed by atoms with E-state index in [9.17, 15) is 13.2 Å². The minimum Gasteiger partial charge on any atom is -0.467 e. The number of ether oxygens (including phenoxy) is 1. The molecule has 0 radical (unpaired) electrons. The molecule has 1 aromatic heterocycles. The first-order chi connectivity index (χ1) is 17.7. The fourth-order valence-corrected chi connectivity index (χ4v) is 5.42. The lowest BCUT2D eigenvalue weighted by molar-refractivity contribution is 0.0706. The number of likely N-dealkylation sites (N-methyl/N-ethyl adjacent to an activating group) is 1. The SMILES string of the molecule is Cc1cccc(C)c1-c1cc2nc(n1)NS(=O)(=O)c1cccc(c1)C(=O)N(C)C[C@H](c1ccccc1)O2. The zero-order valence-corrected chi connectivity index (χ0v) is 21.5. The largest absolute Gasteiger partial charge is 0.467 e. The molecule has 0 fully saturated rings. The van der Waals surface area contributed by atoms with Gasteiger partial charge in [-0.3, -0.25) is 4.79 Å². The maximum absolute atomic E-state index is 13.3. The molecule has 3 aromatic carbocycles. The number of anilines is 1. The first-order valence-corrected chi connectivity index (χ1v) is 13.3. The number of carbonyl (C=O) groups is 1. The number of fused-ring (bicyclic) bond motifs is 4. The Morgan fingerprint density at radius 2 is 1.62 bits per heavy atom. The number of hydrogen-bond donors (Lipinski definition) is 1. The number of sulfonamides is 1. The molecule has 1 aliphatic rings. The van der Waals surface area contributed by atoms with E-state index >= 15 is 0 Å². The molecule has 0 spiro atoms. The second-order valence-electron chi connectivity index (χ2n) is 9.02. The molecule has 0 aliphatic carbocycles. The van der Waals surface area contributed by atoms with Crippen LogP contribution in [0, 0.1) is 13.8 Å². The normalized spacial score (nSPS) is 17.0. The Bertz CT molecular complexity index is 1570. The van der Waals surface area contributed by atoms with E-state index in [-0.39, 0.29) is 34.7 Å². The maximum Gasteiger partial charge on any atom is 0.264 e. The van der Waals surface area contributed by atoms with Crippen molar-refractivity contribution in [2.24, 2.45) is 0 Å². The fraction of sp³-hybridized carbons (Fsp3) is 0.179. The lowest BCUT2D eigenvalue weighted by Gasteiger charge is -2.25. The van der Waals surface area contributed by atoms with Crippen LogP contribution in [0.1, 0.15) is 33.2 Å². The third-order valence-corrected chi connectivity index (χ3v) is 7.60. The van der Waals surface area contributed by atoms with E-state index in [1.54, 1.807) is 25.2 Å². The molecule has 1 amide bonds. The molecule has 2 heterocycles. The third kappa shape index (κ3) is 5.03. The van der Waals surface area contributed by atoms with E-state index in [4.69, 9.17) is 4.74 Å². The zero-order chi connectivity index (χ0) is 26.2. The van der Waals surface area contributed by atoms with Crippen LogP contribution in [0.2, 0.25) is 0 Å². The highest BCUT2D eigenvalue weighted by atomic mass is 32.2. The molecular weight excluding hydrogens is 488 g/mol. The molecule has 0 unspecified atom stereocenters. The molecule has 1 aliphatic heterocycles. The average Bonchev–Trinajstić information content (AvgIpc) is 2.87. The average molecular weight is 515 g/mol. The molecule has 9 heteroatoms. The van der Waals surface area contributed by atoms with E-state index in [0.29, 0.717) is 5.69 Å². The summed E-state index contributed by atoms with van der Waals surface area (Å²) in [6.07, 6.45) is -0.565.